The highest BCUT2D eigenvalue weighted by Crippen LogP contribution is 2.26. The molecule has 1 aromatic carbocycles. The van der Waals surface area contributed by atoms with Crippen LogP contribution in [0.3, 0.4) is 0 Å². The Balaban J connectivity index is 2.40. The van der Waals surface area contributed by atoms with Crippen molar-refractivity contribution < 1.29 is 8.42 Å². The molecule has 23 heavy (non-hydrogen) atoms. The minimum atomic E-state index is -3.48. The van der Waals surface area contributed by atoms with Gasteiger partial charge in [-0.3, -0.25) is 4.57 Å². The van der Waals surface area contributed by atoms with Crippen molar-refractivity contribution in [2.75, 3.05) is 6.26 Å². The number of rotatable bonds is 3. The first-order valence-corrected chi connectivity index (χ1v) is 9.36. The molecule has 3 rings (SSSR count). The first-order valence-electron chi connectivity index (χ1n) is 7.47. The molecule has 0 aliphatic rings. The molecule has 6 heteroatoms. The second kappa shape index (κ2) is 5.45. The molecule has 120 valence electrons. The highest BCUT2D eigenvalue weighted by atomic mass is 32.2. The Morgan fingerprint density at radius 2 is 1.74 bits per heavy atom. The molecule has 0 bridgehead atoms. The van der Waals surface area contributed by atoms with Crippen LogP contribution in [0.25, 0.3) is 16.9 Å². The van der Waals surface area contributed by atoms with E-state index in [0.29, 0.717) is 11.2 Å². The zero-order valence-electron chi connectivity index (χ0n) is 13.7. The van der Waals surface area contributed by atoms with Crippen molar-refractivity contribution in [2.24, 2.45) is 0 Å². The predicted molar refractivity (Wildman–Crippen MR) is 90.8 cm³/mol. The van der Waals surface area contributed by atoms with Gasteiger partial charge in [-0.2, -0.15) is 0 Å². The van der Waals surface area contributed by atoms with Crippen LogP contribution in [0.5, 0.6) is 0 Å². The lowest BCUT2D eigenvalue weighted by atomic mass is 10.1. The molecule has 0 N–H and O–H groups in total. The molecular formula is C17H19N3O2S. The molecule has 0 atom stereocenters. The van der Waals surface area contributed by atoms with E-state index in [0.717, 1.165) is 23.4 Å². The normalized spacial score (nSPS) is 12.0. The van der Waals surface area contributed by atoms with Gasteiger partial charge in [-0.25, -0.2) is 18.4 Å². The number of benzene rings is 1. The fraction of sp³-hybridized carbons (Fsp3) is 0.294. The van der Waals surface area contributed by atoms with E-state index in [1.807, 2.05) is 44.2 Å². The van der Waals surface area contributed by atoms with Crippen molar-refractivity contribution >= 4 is 21.0 Å². The largest absolute Gasteiger partial charge is 0.267 e. The first kappa shape index (κ1) is 15.7. The van der Waals surface area contributed by atoms with Gasteiger partial charge in [0, 0.05) is 17.6 Å². The van der Waals surface area contributed by atoms with Crippen LogP contribution in [0.2, 0.25) is 0 Å². The van der Waals surface area contributed by atoms with Gasteiger partial charge in [0.2, 0.25) is 15.0 Å². The highest BCUT2D eigenvalue weighted by molar-refractivity contribution is 7.90. The van der Waals surface area contributed by atoms with E-state index in [-0.39, 0.29) is 5.16 Å². The lowest BCUT2D eigenvalue weighted by Gasteiger charge is -2.09. The van der Waals surface area contributed by atoms with Crippen molar-refractivity contribution in [1.82, 2.24) is 14.5 Å². The van der Waals surface area contributed by atoms with Crippen molar-refractivity contribution in [3.05, 3.63) is 47.2 Å². The van der Waals surface area contributed by atoms with Gasteiger partial charge in [-0.05, 0) is 49.6 Å². The highest BCUT2D eigenvalue weighted by Gasteiger charge is 2.22. The van der Waals surface area contributed by atoms with Gasteiger partial charge in [0.15, 0.2) is 5.65 Å². The van der Waals surface area contributed by atoms with E-state index in [4.69, 9.17) is 0 Å². The SMILES string of the molecule is CCc1ccc(-n2c(S(C)(=O)=O)nc3c(C)cc(C)nc32)cc1. The summed E-state index contributed by atoms with van der Waals surface area (Å²) < 4.78 is 26.0. The third-order valence-corrected chi connectivity index (χ3v) is 4.78. The molecule has 0 radical (unpaired) electrons. The van der Waals surface area contributed by atoms with Crippen molar-refractivity contribution in [3.63, 3.8) is 0 Å². The minimum Gasteiger partial charge on any atom is -0.267 e. The second-order valence-corrected chi connectivity index (χ2v) is 7.68. The van der Waals surface area contributed by atoms with Crippen LogP contribution in [-0.4, -0.2) is 29.2 Å². The Labute approximate surface area is 135 Å². The lowest BCUT2D eigenvalue weighted by Crippen LogP contribution is -2.08. The van der Waals surface area contributed by atoms with Gasteiger partial charge < -0.3 is 0 Å². The summed E-state index contributed by atoms with van der Waals surface area (Å²) in [5.74, 6) is 0. The summed E-state index contributed by atoms with van der Waals surface area (Å²) in [7, 11) is -3.48. The summed E-state index contributed by atoms with van der Waals surface area (Å²) >= 11 is 0. The molecular weight excluding hydrogens is 310 g/mol. The third kappa shape index (κ3) is 2.74. The fourth-order valence-electron chi connectivity index (χ4n) is 2.70. The molecule has 3 aromatic rings. The summed E-state index contributed by atoms with van der Waals surface area (Å²) in [5.41, 5.74) is 4.90. The van der Waals surface area contributed by atoms with Crippen LogP contribution in [0.15, 0.2) is 35.5 Å². The number of sulfone groups is 1. The van der Waals surface area contributed by atoms with Gasteiger partial charge in [-0.1, -0.05) is 19.1 Å². The molecule has 0 saturated carbocycles. The van der Waals surface area contributed by atoms with Gasteiger partial charge in [0.1, 0.15) is 5.52 Å². The monoisotopic (exact) mass is 329 g/mol. The number of aromatic nitrogens is 3. The van der Waals surface area contributed by atoms with E-state index in [1.54, 1.807) is 4.57 Å². The van der Waals surface area contributed by atoms with Crippen LogP contribution in [0, 0.1) is 13.8 Å². The van der Waals surface area contributed by atoms with Crippen LogP contribution in [0.1, 0.15) is 23.7 Å². The molecule has 0 aliphatic heterocycles. The molecule has 0 amide bonds. The predicted octanol–water partition coefficient (Wildman–Crippen LogP) is 3.00. The summed E-state index contributed by atoms with van der Waals surface area (Å²) in [6.07, 6.45) is 2.10. The molecule has 0 fully saturated rings. The summed E-state index contributed by atoms with van der Waals surface area (Å²) in [5, 5.41) is 0.0259. The zero-order chi connectivity index (χ0) is 16.8. The Kier molecular flexibility index (Phi) is 3.72. The molecule has 0 saturated heterocycles. The Morgan fingerprint density at radius 3 is 2.30 bits per heavy atom. The summed E-state index contributed by atoms with van der Waals surface area (Å²) in [6.45, 7) is 5.89. The smallest absolute Gasteiger partial charge is 0.234 e. The van der Waals surface area contributed by atoms with Gasteiger partial charge in [0.25, 0.3) is 0 Å². The van der Waals surface area contributed by atoms with Crippen molar-refractivity contribution in [2.45, 2.75) is 32.3 Å². The summed E-state index contributed by atoms with van der Waals surface area (Å²) in [6, 6.07) is 9.72. The maximum Gasteiger partial charge on any atom is 0.234 e. The molecule has 0 unspecified atom stereocenters. The number of aryl methyl sites for hydroxylation is 3. The standard InChI is InChI=1S/C17H19N3O2S/c1-5-13-6-8-14(9-7-13)20-16-15(11(2)10-12(3)18-16)19-17(20)23(4,21)22/h6-10H,5H2,1-4H3. The molecule has 2 aromatic heterocycles. The zero-order valence-corrected chi connectivity index (χ0v) is 14.5. The second-order valence-electron chi connectivity index (χ2n) is 5.77. The number of fused-ring (bicyclic) bond motifs is 1. The third-order valence-electron chi connectivity index (χ3n) is 3.84. The number of pyridine rings is 1. The maximum atomic E-state index is 12.2. The lowest BCUT2D eigenvalue weighted by molar-refractivity contribution is 0.591. The van der Waals surface area contributed by atoms with E-state index in [1.165, 1.54) is 11.8 Å². The van der Waals surface area contributed by atoms with Crippen LogP contribution < -0.4 is 0 Å². The molecule has 5 nitrogen and oxygen atoms in total. The van der Waals surface area contributed by atoms with Crippen LogP contribution >= 0.6 is 0 Å². The fourth-order valence-corrected chi connectivity index (χ4v) is 3.48. The molecule has 0 spiro atoms. The Hall–Kier alpha value is -2.21. The topological polar surface area (TPSA) is 64.8 Å². The summed E-state index contributed by atoms with van der Waals surface area (Å²) in [4.78, 5) is 8.88. The van der Waals surface area contributed by atoms with E-state index in [2.05, 4.69) is 16.9 Å². The first-order chi connectivity index (χ1) is 10.8. The van der Waals surface area contributed by atoms with Gasteiger partial charge >= 0.3 is 0 Å². The van der Waals surface area contributed by atoms with E-state index < -0.39 is 9.84 Å². The Morgan fingerprint density at radius 1 is 1.09 bits per heavy atom. The average Bonchev–Trinajstić information content (AvgIpc) is 2.87. The number of imidazole rings is 1. The van der Waals surface area contributed by atoms with E-state index >= 15 is 0 Å². The quantitative estimate of drug-likeness (QED) is 0.741. The minimum absolute atomic E-state index is 0.0259. The van der Waals surface area contributed by atoms with Gasteiger partial charge in [0.05, 0.1) is 0 Å². The molecule has 2 heterocycles. The van der Waals surface area contributed by atoms with Crippen LogP contribution in [0.4, 0.5) is 0 Å². The number of hydrogen-bond donors (Lipinski definition) is 0. The molecule has 0 aliphatic carbocycles. The van der Waals surface area contributed by atoms with E-state index in [9.17, 15) is 8.42 Å². The average molecular weight is 329 g/mol. The maximum absolute atomic E-state index is 12.2. The number of nitrogens with zero attached hydrogens (tertiary/aromatic N) is 3. The van der Waals surface area contributed by atoms with Gasteiger partial charge in [-0.15, -0.1) is 0 Å². The van der Waals surface area contributed by atoms with Crippen molar-refractivity contribution in [3.8, 4) is 5.69 Å². The Bertz CT molecular complexity index is 987. The van der Waals surface area contributed by atoms with Crippen LogP contribution in [-0.2, 0) is 16.3 Å². The number of hydrogen-bond acceptors (Lipinski definition) is 4. The van der Waals surface area contributed by atoms with Crippen molar-refractivity contribution in [1.29, 1.82) is 0 Å².